The fourth-order valence-electron chi connectivity index (χ4n) is 4.37. The van der Waals surface area contributed by atoms with Gasteiger partial charge in [-0.05, 0) is 47.9 Å². The lowest BCUT2D eigenvalue weighted by molar-refractivity contribution is -0.144. The van der Waals surface area contributed by atoms with E-state index in [1.54, 1.807) is 0 Å². The van der Waals surface area contributed by atoms with E-state index in [2.05, 4.69) is 4.74 Å². The maximum Gasteiger partial charge on any atom is 0.416 e. The molecule has 0 amide bonds. The van der Waals surface area contributed by atoms with Gasteiger partial charge in [0, 0.05) is 17.7 Å². The molecule has 5 nitrogen and oxygen atoms in total. The van der Waals surface area contributed by atoms with Gasteiger partial charge in [-0.15, -0.1) is 11.8 Å². The van der Waals surface area contributed by atoms with E-state index in [0.717, 1.165) is 41.6 Å². The van der Waals surface area contributed by atoms with E-state index in [0.29, 0.717) is 0 Å². The largest absolute Gasteiger partial charge is 0.467 e. The van der Waals surface area contributed by atoms with Gasteiger partial charge >= 0.3 is 18.8 Å². The van der Waals surface area contributed by atoms with E-state index in [-0.39, 0.29) is 38.8 Å². The van der Waals surface area contributed by atoms with Crippen LogP contribution in [0.3, 0.4) is 0 Å². The summed E-state index contributed by atoms with van der Waals surface area (Å²) in [5, 5.41) is 0.206. The van der Waals surface area contributed by atoms with E-state index >= 15 is 0 Å². The molecule has 1 aromatic heterocycles. The molecule has 0 radical (unpaired) electrons. The normalized spacial score (nSPS) is 15.1. The summed E-state index contributed by atoms with van der Waals surface area (Å²) in [4.78, 5) is 26.1. The minimum absolute atomic E-state index is 0.0419. The van der Waals surface area contributed by atoms with Crippen molar-refractivity contribution in [2.24, 2.45) is 0 Å². The van der Waals surface area contributed by atoms with Crippen LogP contribution in [0, 0.1) is 12.7 Å². The van der Waals surface area contributed by atoms with Crippen molar-refractivity contribution in [1.29, 1.82) is 0 Å². The highest BCUT2D eigenvalue weighted by Gasteiger charge is 2.38. The Bertz CT molecular complexity index is 1420. The molecule has 0 saturated heterocycles. The van der Waals surface area contributed by atoms with Gasteiger partial charge in [-0.1, -0.05) is 18.2 Å². The maximum atomic E-state index is 14.7. The Kier molecular flexibility index (Phi) is 7.31. The molecule has 1 aliphatic heterocycles. The number of hydrogen-bond acceptors (Lipinski definition) is 5. The van der Waals surface area contributed by atoms with Gasteiger partial charge in [0.25, 0.3) is 5.56 Å². The van der Waals surface area contributed by atoms with E-state index in [4.69, 9.17) is 4.74 Å². The van der Waals surface area contributed by atoms with Gasteiger partial charge in [0.1, 0.15) is 17.6 Å². The van der Waals surface area contributed by atoms with Crippen LogP contribution in [0.25, 0.3) is 11.1 Å². The Labute approximate surface area is 211 Å². The van der Waals surface area contributed by atoms with Gasteiger partial charge in [-0.2, -0.15) is 22.0 Å². The molecule has 2 heterocycles. The summed E-state index contributed by atoms with van der Waals surface area (Å²) < 4.78 is 91.8. The van der Waals surface area contributed by atoms with Crippen molar-refractivity contribution in [2.75, 3.05) is 12.9 Å². The molecule has 2 aromatic carbocycles. The van der Waals surface area contributed by atoms with Crippen molar-refractivity contribution < 1.29 is 40.6 Å². The number of methoxy groups -OCH3 is 1. The number of esters is 1. The van der Waals surface area contributed by atoms with Crippen molar-refractivity contribution >= 4 is 17.7 Å². The van der Waals surface area contributed by atoms with Crippen LogP contribution in [-0.4, -0.2) is 30.0 Å². The number of ether oxygens (including phenoxy) is 2. The molecule has 3 aromatic rings. The highest BCUT2D eigenvalue weighted by molar-refractivity contribution is 7.99. The lowest BCUT2D eigenvalue weighted by Gasteiger charge is -2.21. The maximum absolute atomic E-state index is 14.7. The monoisotopic (exact) mass is 543 g/mol. The van der Waals surface area contributed by atoms with Gasteiger partial charge in [-0.25, -0.2) is 9.18 Å². The van der Waals surface area contributed by atoms with Crippen LogP contribution in [0.2, 0.25) is 0 Å². The Morgan fingerprint density at radius 3 is 2.51 bits per heavy atom. The van der Waals surface area contributed by atoms with E-state index < -0.39 is 53.7 Å². The molecule has 0 saturated carbocycles. The van der Waals surface area contributed by atoms with Crippen LogP contribution in [0.1, 0.15) is 28.3 Å². The van der Waals surface area contributed by atoms with Crippen LogP contribution in [0.5, 0.6) is 5.75 Å². The average Bonchev–Trinajstić information content (AvgIpc) is 3.27. The smallest absolute Gasteiger partial charge is 0.416 e. The molecule has 37 heavy (non-hydrogen) atoms. The number of carbonyl (C=O) groups is 1. The Hall–Kier alpha value is -3.41. The molecular weight excluding hydrogens is 524 g/mol. The molecule has 1 unspecified atom stereocenters. The number of aromatic nitrogens is 1. The van der Waals surface area contributed by atoms with Crippen LogP contribution in [0.15, 0.2) is 52.3 Å². The predicted octanol–water partition coefficient (Wildman–Crippen LogP) is 5.99. The summed E-state index contributed by atoms with van der Waals surface area (Å²) in [7, 11) is 1.13. The number of carbonyl (C=O) groups excluding carboxylic acids is 1. The third-order valence-electron chi connectivity index (χ3n) is 6.03. The molecule has 0 fully saturated rings. The number of fused-ring (bicyclic) bond motifs is 1. The van der Waals surface area contributed by atoms with Crippen molar-refractivity contribution in [2.45, 2.75) is 37.2 Å². The van der Waals surface area contributed by atoms with Gasteiger partial charge in [0.2, 0.25) is 0 Å². The summed E-state index contributed by atoms with van der Waals surface area (Å²) in [5.74, 6) is -2.01. The van der Waals surface area contributed by atoms with E-state index in [1.165, 1.54) is 31.2 Å². The van der Waals surface area contributed by atoms with Crippen LogP contribution in [0.4, 0.5) is 26.3 Å². The standard InChI is InChI=1S/C25H19F6NO4S/c1-12-15(10-16-17(25(29,30)31)7-4-8-18(16)26)22-32(19(11-37-22)23(34)35-2)21(33)20(12)13-5-3-6-14(9-13)36-24(27)28/h3-9,19,24H,10-11H2,1-2H3. The SMILES string of the molecule is COC(=O)C1CSc2c(Cc3c(F)cccc3C(F)(F)F)c(C)c(-c3cccc(OC(F)F)c3)c(=O)n21. The minimum atomic E-state index is -4.84. The Morgan fingerprint density at radius 2 is 1.86 bits per heavy atom. The number of thioether (sulfide) groups is 1. The second-order valence-corrected chi connectivity index (χ2v) is 9.16. The van der Waals surface area contributed by atoms with Crippen LogP contribution >= 0.6 is 11.8 Å². The van der Waals surface area contributed by atoms with Crippen LogP contribution < -0.4 is 10.3 Å². The predicted molar refractivity (Wildman–Crippen MR) is 123 cm³/mol. The lowest BCUT2D eigenvalue weighted by atomic mass is 9.92. The van der Waals surface area contributed by atoms with Gasteiger partial charge in [-0.3, -0.25) is 9.36 Å². The van der Waals surface area contributed by atoms with E-state index in [9.17, 15) is 35.9 Å². The zero-order valence-corrected chi connectivity index (χ0v) is 20.2. The summed E-state index contributed by atoms with van der Waals surface area (Å²) in [6.45, 7) is -1.65. The second-order valence-electron chi connectivity index (χ2n) is 8.16. The van der Waals surface area contributed by atoms with Crippen molar-refractivity contribution in [3.05, 3.63) is 80.9 Å². The molecule has 12 heteroatoms. The van der Waals surface area contributed by atoms with Gasteiger partial charge in [0.15, 0.2) is 0 Å². The first-order valence-electron chi connectivity index (χ1n) is 10.8. The molecule has 0 aliphatic carbocycles. The average molecular weight is 543 g/mol. The summed E-state index contributed by atoms with van der Waals surface area (Å²) in [5.41, 5.74) is -1.94. The Balaban J connectivity index is 1.99. The number of hydrogen-bond donors (Lipinski definition) is 0. The van der Waals surface area contributed by atoms with Crippen molar-refractivity contribution in [1.82, 2.24) is 4.57 Å². The quantitative estimate of drug-likeness (QED) is 0.282. The number of nitrogens with zero attached hydrogens (tertiary/aromatic N) is 1. The molecule has 1 aliphatic rings. The Morgan fingerprint density at radius 1 is 1.16 bits per heavy atom. The first-order chi connectivity index (χ1) is 17.4. The zero-order valence-electron chi connectivity index (χ0n) is 19.4. The van der Waals surface area contributed by atoms with E-state index in [1.807, 2.05) is 0 Å². The topological polar surface area (TPSA) is 57.5 Å². The zero-order chi connectivity index (χ0) is 27.1. The number of alkyl halides is 5. The molecule has 0 spiro atoms. The second kappa shape index (κ2) is 10.2. The lowest BCUT2D eigenvalue weighted by Crippen LogP contribution is -2.32. The van der Waals surface area contributed by atoms with Gasteiger partial charge in [0.05, 0.1) is 23.3 Å². The number of rotatable bonds is 6. The molecule has 196 valence electrons. The van der Waals surface area contributed by atoms with Gasteiger partial charge < -0.3 is 9.47 Å². The molecule has 4 rings (SSSR count). The molecule has 0 N–H and O–H groups in total. The third kappa shape index (κ3) is 5.07. The highest BCUT2D eigenvalue weighted by atomic mass is 32.2. The molecule has 1 atom stereocenters. The first kappa shape index (κ1) is 26.6. The van der Waals surface area contributed by atoms with Crippen molar-refractivity contribution in [3.8, 4) is 16.9 Å². The fraction of sp³-hybridized carbons (Fsp3) is 0.280. The fourth-order valence-corrected chi connectivity index (χ4v) is 5.72. The summed E-state index contributed by atoms with van der Waals surface area (Å²) >= 11 is 1.06. The highest BCUT2D eigenvalue weighted by Crippen LogP contribution is 2.42. The molecular formula is C25H19F6NO4S. The number of pyridine rings is 1. The number of halogens is 6. The van der Waals surface area contributed by atoms with Crippen molar-refractivity contribution in [3.63, 3.8) is 0 Å². The first-order valence-corrected chi connectivity index (χ1v) is 11.8. The summed E-state index contributed by atoms with van der Waals surface area (Å²) in [6, 6.07) is 6.79. The third-order valence-corrected chi connectivity index (χ3v) is 7.22. The summed E-state index contributed by atoms with van der Waals surface area (Å²) in [6.07, 6.45) is -5.38. The minimum Gasteiger partial charge on any atom is -0.467 e. The number of benzene rings is 2. The van der Waals surface area contributed by atoms with Crippen LogP contribution in [-0.2, 0) is 22.1 Å². The molecule has 0 bridgehead atoms.